The van der Waals surface area contributed by atoms with E-state index in [4.69, 9.17) is 5.26 Å². The molecule has 0 aliphatic heterocycles. The molecule has 22 heavy (non-hydrogen) atoms. The van der Waals surface area contributed by atoms with Crippen LogP contribution in [0.1, 0.15) is 11.1 Å². The summed E-state index contributed by atoms with van der Waals surface area (Å²) in [5.74, 6) is 0. The first-order valence-corrected chi connectivity index (χ1v) is 6.50. The van der Waals surface area contributed by atoms with Crippen molar-refractivity contribution in [2.45, 2.75) is 6.54 Å². The predicted octanol–water partition coefficient (Wildman–Crippen LogP) is 0.642. The Hall–Kier alpha value is -3.40. The molecule has 0 saturated heterocycles. The first kappa shape index (κ1) is 13.6. The fraction of sp³-hybridized carbons (Fsp3) is 0.0667. The molecule has 0 saturated carbocycles. The summed E-state index contributed by atoms with van der Waals surface area (Å²) in [6, 6.07) is 11.3. The third-order valence-corrected chi connectivity index (χ3v) is 3.14. The lowest BCUT2D eigenvalue weighted by Gasteiger charge is -2.03. The van der Waals surface area contributed by atoms with E-state index in [1.54, 1.807) is 23.1 Å². The predicted molar refractivity (Wildman–Crippen MR) is 78.7 cm³/mol. The molecule has 0 atom stereocenters. The van der Waals surface area contributed by atoms with Gasteiger partial charge in [-0.05, 0) is 12.1 Å². The minimum absolute atomic E-state index is 0.102. The van der Waals surface area contributed by atoms with Crippen LogP contribution < -0.4 is 11.2 Å². The smallest absolute Gasteiger partial charge is 0.295 e. The number of nitrogens with zero attached hydrogens (tertiary/aromatic N) is 4. The first-order chi connectivity index (χ1) is 10.7. The Labute approximate surface area is 124 Å². The summed E-state index contributed by atoms with van der Waals surface area (Å²) in [5.41, 5.74) is 0.345. The van der Waals surface area contributed by atoms with Crippen molar-refractivity contribution < 1.29 is 0 Å². The number of aromatic amines is 1. The van der Waals surface area contributed by atoms with E-state index < -0.39 is 11.2 Å². The lowest BCUT2D eigenvalue weighted by molar-refractivity contribution is 0.717. The molecular weight excluding hydrogens is 282 g/mol. The van der Waals surface area contributed by atoms with Crippen LogP contribution in [-0.4, -0.2) is 19.3 Å². The van der Waals surface area contributed by atoms with Crippen LogP contribution in [-0.2, 0) is 6.54 Å². The lowest BCUT2D eigenvalue weighted by Crippen LogP contribution is -2.31. The highest BCUT2D eigenvalue weighted by atomic mass is 16.2. The molecule has 1 aromatic carbocycles. The summed E-state index contributed by atoms with van der Waals surface area (Å²) in [6.07, 6.45) is 4.68. The van der Waals surface area contributed by atoms with E-state index >= 15 is 0 Å². The maximum Gasteiger partial charge on any atom is 0.328 e. The maximum absolute atomic E-state index is 11.8. The fourth-order valence-corrected chi connectivity index (χ4v) is 2.07. The standard InChI is InChI=1S/C15H11N5O2/c16-6-12-10-19(15(22)18-14(12)21)8-11-7-17-20(9-11)13-4-2-1-3-5-13/h1-5,7,9-10H,8H2,(H,18,21,22). The van der Waals surface area contributed by atoms with Gasteiger partial charge in [0.1, 0.15) is 11.6 Å². The molecule has 3 rings (SSSR count). The molecule has 0 aliphatic carbocycles. The van der Waals surface area contributed by atoms with E-state index in [1.807, 2.05) is 30.3 Å². The van der Waals surface area contributed by atoms with Crippen LogP contribution in [0.15, 0.2) is 58.5 Å². The van der Waals surface area contributed by atoms with Crippen molar-refractivity contribution in [2.24, 2.45) is 0 Å². The quantitative estimate of drug-likeness (QED) is 0.766. The monoisotopic (exact) mass is 293 g/mol. The molecule has 0 unspecified atom stereocenters. The highest BCUT2D eigenvalue weighted by molar-refractivity contribution is 5.31. The van der Waals surface area contributed by atoms with Crippen LogP contribution in [0, 0.1) is 11.3 Å². The number of benzene rings is 1. The van der Waals surface area contributed by atoms with Crippen LogP contribution in [0.3, 0.4) is 0 Å². The van der Waals surface area contributed by atoms with Crippen molar-refractivity contribution in [2.75, 3.05) is 0 Å². The van der Waals surface area contributed by atoms with Crippen molar-refractivity contribution in [1.82, 2.24) is 19.3 Å². The molecule has 0 fully saturated rings. The average molecular weight is 293 g/mol. The Morgan fingerprint density at radius 2 is 1.95 bits per heavy atom. The van der Waals surface area contributed by atoms with Gasteiger partial charge in [0.2, 0.25) is 0 Å². The van der Waals surface area contributed by atoms with Gasteiger partial charge in [-0.25, -0.2) is 9.48 Å². The molecule has 0 amide bonds. The van der Waals surface area contributed by atoms with Gasteiger partial charge in [0.05, 0.1) is 18.4 Å². The summed E-state index contributed by atoms with van der Waals surface area (Å²) in [4.78, 5) is 25.2. The van der Waals surface area contributed by atoms with Gasteiger partial charge < -0.3 is 0 Å². The van der Waals surface area contributed by atoms with Crippen molar-refractivity contribution in [1.29, 1.82) is 5.26 Å². The summed E-state index contributed by atoms with van der Waals surface area (Å²) >= 11 is 0. The summed E-state index contributed by atoms with van der Waals surface area (Å²) < 4.78 is 2.96. The Morgan fingerprint density at radius 3 is 2.68 bits per heavy atom. The summed E-state index contributed by atoms with van der Waals surface area (Å²) in [5, 5.41) is 13.1. The fourth-order valence-electron chi connectivity index (χ4n) is 2.07. The molecule has 0 spiro atoms. The molecule has 2 aromatic heterocycles. The summed E-state index contributed by atoms with van der Waals surface area (Å²) in [7, 11) is 0. The van der Waals surface area contributed by atoms with Crippen LogP contribution in [0.5, 0.6) is 0 Å². The van der Waals surface area contributed by atoms with Crippen LogP contribution >= 0.6 is 0 Å². The average Bonchev–Trinajstić information content (AvgIpc) is 2.99. The molecule has 7 heteroatoms. The van der Waals surface area contributed by atoms with Gasteiger partial charge in [0.25, 0.3) is 5.56 Å². The van der Waals surface area contributed by atoms with Crippen molar-refractivity contribution in [3.8, 4) is 11.8 Å². The van der Waals surface area contributed by atoms with Crippen molar-refractivity contribution in [3.63, 3.8) is 0 Å². The topological polar surface area (TPSA) is 96.5 Å². The molecule has 7 nitrogen and oxygen atoms in total. The van der Waals surface area contributed by atoms with Gasteiger partial charge in [-0.15, -0.1) is 0 Å². The van der Waals surface area contributed by atoms with Crippen LogP contribution in [0.25, 0.3) is 5.69 Å². The lowest BCUT2D eigenvalue weighted by atomic mass is 10.3. The van der Waals surface area contributed by atoms with E-state index in [1.165, 1.54) is 10.8 Å². The van der Waals surface area contributed by atoms with Crippen molar-refractivity contribution >= 4 is 0 Å². The molecule has 108 valence electrons. The molecule has 0 radical (unpaired) electrons. The van der Waals surface area contributed by atoms with Gasteiger partial charge >= 0.3 is 5.69 Å². The molecule has 0 bridgehead atoms. The number of aromatic nitrogens is 4. The minimum Gasteiger partial charge on any atom is -0.295 e. The maximum atomic E-state index is 11.8. The normalized spacial score (nSPS) is 10.3. The zero-order chi connectivity index (χ0) is 15.5. The second-order valence-electron chi connectivity index (χ2n) is 4.67. The largest absolute Gasteiger partial charge is 0.328 e. The number of nitrogens with one attached hydrogen (secondary N) is 1. The minimum atomic E-state index is -0.677. The zero-order valence-electron chi connectivity index (χ0n) is 11.4. The second-order valence-corrected chi connectivity index (χ2v) is 4.67. The van der Waals surface area contributed by atoms with E-state index in [2.05, 4.69) is 10.1 Å². The molecule has 3 aromatic rings. The first-order valence-electron chi connectivity index (χ1n) is 6.50. The van der Waals surface area contributed by atoms with E-state index in [-0.39, 0.29) is 12.1 Å². The van der Waals surface area contributed by atoms with E-state index in [0.29, 0.717) is 0 Å². The number of nitriles is 1. The third-order valence-electron chi connectivity index (χ3n) is 3.14. The highest BCUT2D eigenvalue weighted by Crippen LogP contribution is 2.08. The Bertz CT molecular complexity index is 960. The van der Waals surface area contributed by atoms with Crippen LogP contribution in [0.4, 0.5) is 0 Å². The molecule has 0 aliphatic rings. The SMILES string of the molecule is N#Cc1cn(Cc2cnn(-c3ccccc3)c2)c(=O)[nH]c1=O. The molecule has 2 heterocycles. The van der Waals surface area contributed by atoms with Gasteiger partial charge in [0.15, 0.2) is 0 Å². The van der Waals surface area contributed by atoms with E-state index in [0.717, 1.165) is 11.3 Å². The Balaban J connectivity index is 1.92. The van der Waals surface area contributed by atoms with E-state index in [9.17, 15) is 9.59 Å². The van der Waals surface area contributed by atoms with Crippen LogP contribution in [0.2, 0.25) is 0 Å². The summed E-state index contributed by atoms with van der Waals surface area (Å²) in [6.45, 7) is 0.219. The Morgan fingerprint density at radius 1 is 1.18 bits per heavy atom. The van der Waals surface area contributed by atoms with Gasteiger partial charge in [-0.3, -0.25) is 14.3 Å². The highest BCUT2D eigenvalue weighted by Gasteiger charge is 2.06. The number of para-hydroxylation sites is 1. The third kappa shape index (κ3) is 2.58. The number of hydrogen-bond donors (Lipinski definition) is 1. The molecule has 1 N–H and O–H groups in total. The van der Waals surface area contributed by atoms with Gasteiger partial charge in [-0.2, -0.15) is 10.4 Å². The van der Waals surface area contributed by atoms with Gasteiger partial charge in [-0.1, -0.05) is 18.2 Å². The zero-order valence-corrected chi connectivity index (χ0v) is 11.4. The Kier molecular flexibility index (Phi) is 3.42. The second kappa shape index (κ2) is 5.54. The molecular formula is C15H11N5O2. The number of rotatable bonds is 3. The van der Waals surface area contributed by atoms with Gasteiger partial charge in [0, 0.05) is 18.0 Å². The number of H-pyrrole nitrogens is 1. The van der Waals surface area contributed by atoms with Crippen molar-refractivity contribution in [3.05, 3.63) is 80.9 Å². The number of hydrogen-bond acceptors (Lipinski definition) is 4.